The van der Waals surface area contributed by atoms with Crippen molar-refractivity contribution in [2.24, 2.45) is 0 Å². The van der Waals surface area contributed by atoms with Crippen LogP contribution in [-0.2, 0) is 14.2 Å². The fourth-order valence-electron chi connectivity index (χ4n) is 4.72. The van der Waals surface area contributed by atoms with Gasteiger partial charge in [0.05, 0.1) is 13.2 Å². The molecule has 0 unspecified atom stereocenters. The van der Waals surface area contributed by atoms with Crippen molar-refractivity contribution in [1.29, 1.82) is 0 Å². The van der Waals surface area contributed by atoms with Gasteiger partial charge in [0.1, 0.15) is 65.2 Å². The summed E-state index contributed by atoms with van der Waals surface area (Å²) in [5.41, 5.74) is -0.679. The molecule has 2 aromatic carbocycles. The van der Waals surface area contributed by atoms with Crippen LogP contribution in [0.4, 0.5) is 0 Å². The van der Waals surface area contributed by atoms with E-state index in [1.54, 1.807) is 30.3 Å². The van der Waals surface area contributed by atoms with Crippen molar-refractivity contribution < 1.29 is 64.2 Å². The molecule has 0 spiro atoms. The fraction of sp³-hybridized carbons (Fsp3) is 0.423. The number of ether oxygens (including phenoxy) is 4. The molecule has 2 fully saturated rings. The lowest BCUT2D eigenvalue weighted by Gasteiger charge is -2.42. The van der Waals surface area contributed by atoms with Gasteiger partial charge >= 0.3 is 0 Å². The average Bonchev–Trinajstić information content (AvgIpc) is 3.21. The zero-order chi connectivity index (χ0) is 28.7. The molecule has 0 bridgehead atoms. The van der Waals surface area contributed by atoms with E-state index in [0.717, 1.165) is 12.1 Å². The standard InChI is InChI=1S/C26H28O14/c27-8-14-17(31)20(34)25(37-14)39-23-15(9-28)38-26(21(35)19(23)33)40-24-18(32)16-12(30)6-11(29)7-13(16)36-22(24)10-4-2-1-3-5-10/h1-7,14-15,17,19-21,23,25-31,33-35H,8-9H2/t14-,15+,17+,19+,20-,21+,23+,25+,26-/m1/s1. The minimum absolute atomic E-state index is 0.140. The molecule has 14 heteroatoms. The summed E-state index contributed by atoms with van der Waals surface area (Å²) in [6.45, 7) is -1.40. The van der Waals surface area contributed by atoms with E-state index in [4.69, 9.17) is 23.4 Å². The lowest BCUT2D eigenvalue weighted by atomic mass is 9.98. The molecule has 2 aliphatic heterocycles. The van der Waals surface area contributed by atoms with E-state index in [9.17, 15) is 45.6 Å². The first-order valence-electron chi connectivity index (χ1n) is 12.3. The molecule has 216 valence electrons. The summed E-state index contributed by atoms with van der Waals surface area (Å²) in [7, 11) is 0. The lowest BCUT2D eigenvalue weighted by Crippen LogP contribution is -2.62. The number of hydrogen-bond donors (Lipinski definition) is 8. The summed E-state index contributed by atoms with van der Waals surface area (Å²) in [6, 6.07) is 10.3. The third kappa shape index (κ3) is 5.01. The van der Waals surface area contributed by atoms with Gasteiger partial charge in [-0.2, -0.15) is 0 Å². The van der Waals surface area contributed by atoms with Gasteiger partial charge in [0.15, 0.2) is 12.1 Å². The number of phenols is 2. The van der Waals surface area contributed by atoms with Crippen LogP contribution in [0.25, 0.3) is 22.3 Å². The second-order valence-corrected chi connectivity index (χ2v) is 9.43. The van der Waals surface area contributed by atoms with E-state index < -0.39 is 85.4 Å². The van der Waals surface area contributed by atoms with Gasteiger partial charge in [-0.15, -0.1) is 0 Å². The minimum atomic E-state index is -1.89. The van der Waals surface area contributed by atoms with Crippen molar-refractivity contribution in [3.63, 3.8) is 0 Å². The molecular formula is C26H28O14. The number of aromatic hydroxyl groups is 2. The van der Waals surface area contributed by atoms with Crippen LogP contribution >= 0.6 is 0 Å². The minimum Gasteiger partial charge on any atom is -0.508 e. The predicted octanol–water partition coefficient (Wildman–Crippen LogP) is -1.49. The number of benzene rings is 2. The number of rotatable bonds is 7. The first kappa shape index (κ1) is 28.2. The first-order valence-corrected chi connectivity index (χ1v) is 12.3. The van der Waals surface area contributed by atoms with Crippen LogP contribution in [0, 0.1) is 0 Å². The van der Waals surface area contributed by atoms with E-state index in [0.29, 0.717) is 5.56 Å². The van der Waals surface area contributed by atoms with Crippen molar-refractivity contribution in [2.75, 3.05) is 13.2 Å². The highest BCUT2D eigenvalue weighted by Crippen LogP contribution is 2.37. The van der Waals surface area contributed by atoms with Crippen LogP contribution in [0.15, 0.2) is 51.7 Å². The molecule has 9 atom stereocenters. The maximum Gasteiger partial charge on any atom is 0.239 e. The summed E-state index contributed by atoms with van der Waals surface area (Å²) in [6.07, 6.45) is -14.2. The van der Waals surface area contributed by atoms with Gasteiger partial charge in [0.25, 0.3) is 0 Å². The summed E-state index contributed by atoms with van der Waals surface area (Å²) >= 11 is 0. The van der Waals surface area contributed by atoms with Crippen molar-refractivity contribution in [3.8, 4) is 28.6 Å². The van der Waals surface area contributed by atoms with Crippen molar-refractivity contribution in [2.45, 2.75) is 55.3 Å². The molecule has 8 N–H and O–H groups in total. The number of aliphatic hydroxyl groups is 6. The molecule has 14 nitrogen and oxygen atoms in total. The summed E-state index contributed by atoms with van der Waals surface area (Å²) in [5, 5.41) is 81.0. The van der Waals surface area contributed by atoms with Crippen LogP contribution in [0.5, 0.6) is 17.2 Å². The predicted molar refractivity (Wildman–Crippen MR) is 132 cm³/mol. The lowest BCUT2D eigenvalue weighted by molar-refractivity contribution is -0.315. The Morgan fingerprint density at radius 2 is 1.45 bits per heavy atom. The van der Waals surface area contributed by atoms with Gasteiger partial charge in [-0.3, -0.25) is 4.79 Å². The molecule has 1 aromatic heterocycles. The Balaban J connectivity index is 1.48. The summed E-state index contributed by atoms with van der Waals surface area (Å²) < 4.78 is 28.0. The van der Waals surface area contributed by atoms with Crippen molar-refractivity contribution in [1.82, 2.24) is 0 Å². The molecule has 0 radical (unpaired) electrons. The number of fused-ring (bicyclic) bond motifs is 1. The second kappa shape index (κ2) is 11.3. The van der Waals surface area contributed by atoms with Crippen LogP contribution in [0.2, 0.25) is 0 Å². The Morgan fingerprint density at radius 1 is 0.800 bits per heavy atom. The SMILES string of the molecule is O=c1c(O[C@H]2O[C@@H](CO)[C@H](O[C@@H]3O[C@H](CO)[C@H](O)[C@H]3O)[C@@H](O)[C@@H]2O)c(-c2ccccc2)oc2cc(O)cc(O)c12. The Labute approximate surface area is 225 Å². The van der Waals surface area contributed by atoms with Crippen LogP contribution in [-0.4, -0.2) is 109 Å². The molecule has 5 rings (SSSR count). The van der Waals surface area contributed by atoms with Crippen LogP contribution in [0.3, 0.4) is 0 Å². The molecule has 0 aliphatic carbocycles. The van der Waals surface area contributed by atoms with Gasteiger partial charge in [-0.1, -0.05) is 30.3 Å². The van der Waals surface area contributed by atoms with E-state index in [1.165, 1.54) is 0 Å². The molecule has 3 heterocycles. The Morgan fingerprint density at radius 3 is 2.10 bits per heavy atom. The largest absolute Gasteiger partial charge is 0.508 e. The van der Waals surface area contributed by atoms with E-state index in [2.05, 4.69) is 0 Å². The summed E-state index contributed by atoms with van der Waals surface area (Å²) in [5.74, 6) is -1.60. The number of phenolic OH excluding ortho intramolecular Hbond substituents is 2. The summed E-state index contributed by atoms with van der Waals surface area (Å²) in [4.78, 5) is 13.5. The Kier molecular flexibility index (Phi) is 7.96. The van der Waals surface area contributed by atoms with Gasteiger partial charge in [-0.25, -0.2) is 0 Å². The van der Waals surface area contributed by atoms with Crippen molar-refractivity contribution >= 4 is 11.0 Å². The quantitative estimate of drug-likeness (QED) is 0.164. The maximum atomic E-state index is 13.5. The molecule has 0 saturated carbocycles. The Bertz CT molecular complexity index is 1390. The highest BCUT2D eigenvalue weighted by molar-refractivity contribution is 5.88. The van der Waals surface area contributed by atoms with Gasteiger partial charge in [0, 0.05) is 17.7 Å². The highest BCUT2D eigenvalue weighted by Gasteiger charge is 2.51. The van der Waals surface area contributed by atoms with Gasteiger partial charge < -0.3 is 64.2 Å². The van der Waals surface area contributed by atoms with Gasteiger partial charge in [-0.05, 0) is 0 Å². The van der Waals surface area contributed by atoms with E-state index in [1.807, 2.05) is 0 Å². The van der Waals surface area contributed by atoms with Crippen LogP contribution in [0.1, 0.15) is 0 Å². The van der Waals surface area contributed by atoms with Gasteiger partial charge in [0.2, 0.25) is 17.5 Å². The second-order valence-electron chi connectivity index (χ2n) is 9.43. The molecule has 0 amide bonds. The topological polar surface area (TPSA) is 229 Å². The molecule has 40 heavy (non-hydrogen) atoms. The van der Waals surface area contributed by atoms with Crippen molar-refractivity contribution in [3.05, 3.63) is 52.7 Å². The molecule has 2 aliphatic rings. The average molecular weight is 564 g/mol. The van der Waals surface area contributed by atoms with Crippen LogP contribution < -0.4 is 10.2 Å². The Hall–Kier alpha value is -3.31. The zero-order valence-corrected chi connectivity index (χ0v) is 20.7. The fourth-order valence-corrected chi connectivity index (χ4v) is 4.72. The van der Waals surface area contributed by atoms with E-state index in [-0.39, 0.29) is 22.5 Å². The first-order chi connectivity index (χ1) is 19.1. The molecular weight excluding hydrogens is 536 g/mol. The smallest absolute Gasteiger partial charge is 0.239 e. The highest BCUT2D eigenvalue weighted by atomic mass is 16.7. The number of aliphatic hydroxyl groups excluding tert-OH is 6. The zero-order valence-electron chi connectivity index (χ0n) is 20.7. The molecule has 3 aromatic rings. The maximum absolute atomic E-state index is 13.5. The molecule has 2 saturated heterocycles. The number of hydrogen-bond acceptors (Lipinski definition) is 14. The van der Waals surface area contributed by atoms with E-state index >= 15 is 0 Å². The third-order valence-corrected chi connectivity index (χ3v) is 6.80. The monoisotopic (exact) mass is 564 g/mol. The normalized spacial score (nSPS) is 32.4. The third-order valence-electron chi connectivity index (χ3n) is 6.80.